The Labute approximate surface area is 132 Å². The minimum atomic E-state index is 0.0138. The van der Waals surface area contributed by atoms with Crippen LogP contribution in [0, 0.1) is 6.92 Å². The van der Waals surface area contributed by atoms with Gasteiger partial charge in [0, 0.05) is 10.6 Å². The molecule has 0 spiro atoms. The van der Waals surface area contributed by atoms with Gasteiger partial charge in [0.1, 0.15) is 0 Å². The maximum atomic E-state index is 6.28. The summed E-state index contributed by atoms with van der Waals surface area (Å²) in [4.78, 5) is 0. The molecule has 0 fully saturated rings. The first-order valence-electron chi connectivity index (χ1n) is 5.97. The molecular weight excluding hydrogens is 321 g/mol. The summed E-state index contributed by atoms with van der Waals surface area (Å²) in [5, 5.41) is 4.20. The second-order valence-corrected chi connectivity index (χ2v) is 6.92. The lowest BCUT2D eigenvalue weighted by molar-refractivity contribution is 0.629. The van der Waals surface area contributed by atoms with E-state index in [2.05, 4.69) is 18.3 Å². The lowest BCUT2D eigenvalue weighted by Gasteiger charge is -2.20. The minimum absolute atomic E-state index is 0.0138. The highest BCUT2D eigenvalue weighted by Gasteiger charge is 2.20. The molecular formula is C14H14Cl3NS. The van der Waals surface area contributed by atoms with Crippen LogP contribution in [0.1, 0.15) is 29.7 Å². The lowest BCUT2D eigenvalue weighted by atomic mass is 9.97. The molecule has 1 N–H and O–H groups in total. The molecule has 2 rings (SSSR count). The molecule has 1 aromatic carbocycles. The maximum Gasteiger partial charge on any atom is 0.0995 e. The Morgan fingerprint density at radius 1 is 1.21 bits per heavy atom. The molecule has 1 unspecified atom stereocenters. The fourth-order valence-electron chi connectivity index (χ4n) is 2.08. The van der Waals surface area contributed by atoms with E-state index in [0.717, 1.165) is 32.6 Å². The van der Waals surface area contributed by atoms with Crippen molar-refractivity contribution in [3.8, 4) is 0 Å². The van der Waals surface area contributed by atoms with Crippen molar-refractivity contribution in [1.29, 1.82) is 0 Å². The fraction of sp³-hybridized carbons (Fsp3) is 0.286. The molecule has 1 heterocycles. The van der Waals surface area contributed by atoms with Crippen molar-refractivity contribution >= 4 is 46.1 Å². The van der Waals surface area contributed by atoms with Crippen LogP contribution in [0.2, 0.25) is 13.7 Å². The Balaban J connectivity index is 2.51. The van der Waals surface area contributed by atoms with Gasteiger partial charge < -0.3 is 5.32 Å². The van der Waals surface area contributed by atoms with Gasteiger partial charge in [-0.15, -0.1) is 11.3 Å². The largest absolute Gasteiger partial charge is 0.306 e. The summed E-state index contributed by atoms with van der Waals surface area (Å²) >= 11 is 19.9. The molecule has 0 bridgehead atoms. The van der Waals surface area contributed by atoms with Gasteiger partial charge in [-0.3, -0.25) is 0 Å². The quantitative estimate of drug-likeness (QED) is 0.754. The topological polar surface area (TPSA) is 12.0 Å². The summed E-state index contributed by atoms with van der Waals surface area (Å²) in [5.41, 5.74) is 3.20. The normalized spacial score (nSPS) is 12.7. The maximum absolute atomic E-state index is 6.28. The first kappa shape index (κ1) is 15.1. The monoisotopic (exact) mass is 333 g/mol. The molecule has 0 radical (unpaired) electrons. The number of halogens is 3. The molecule has 0 saturated carbocycles. The summed E-state index contributed by atoms with van der Waals surface area (Å²) < 4.78 is 1.41. The third-order valence-corrected chi connectivity index (χ3v) is 4.95. The number of hydrogen-bond acceptors (Lipinski definition) is 2. The van der Waals surface area contributed by atoms with E-state index in [9.17, 15) is 0 Å². The van der Waals surface area contributed by atoms with Crippen LogP contribution in [0.5, 0.6) is 0 Å². The second-order valence-electron chi connectivity index (χ2n) is 4.22. The second kappa shape index (κ2) is 6.47. The SMILES string of the molecule is CCNC(c1cc(Cl)sc1Cl)c1cccc(Cl)c1C. The van der Waals surface area contributed by atoms with Crippen molar-refractivity contribution in [3.05, 3.63) is 54.7 Å². The van der Waals surface area contributed by atoms with E-state index in [-0.39, 0.29) is 6.04 Å². The molecule has 19 heavy (non-hydrogen) atoms. The zero-order valence-corrected chi connectivity index (χ0v) is 13.7. The fourth-order valence-corrected chi connectivity index (χ4v) is 3.79. The van der Waals surface area contributed by atoms with Crippen molar-refractivity contribution in [3.63, 3.8) is 0 Å². The van der Waals surface area contributed by atoms with E-state index >= 15 is 0 Å². The van der Waals surface area contributed by atoms with Crippen LogP contribution in [-0.2, 0) is 0 Å². The van der Waals surface area contributed by atoms with Gasteiger partial charge in [-0.2, -0.15) is 0 Å². The lowest BCUT2D eigenvalue weighted by Crippen LogP contribution is -2.22. The summed E-state index contributed by atoms with van der Waals surface area (Å²) in [5.74, 6) is 0. The number of hydrogen-bond donors (Lipinski definition) is 1. The van der Waals surface area contributed by atoms with Gasteiger partial charge in [0.15, 0.2) is 0 Å². The molecule has 0 aliphatic rings. The van der Waals surface area contributed by atoms with Crippen LogP contribution in [0.4, 0.5) is 0 Å². The molecule has 0 aliphatic heterocycles. The molecule has 0 aliphatic carbocycles. The average molecular weight is 335 g/mol. The Hall–Kier alpha value is -0.250. The van der Waals surface area contributed by atoms with Gasteiger partial charge in [-0.1, -0.05) is 53.9 Å². The molecule has 1 nitrogen and oxygen atoms in total. The van der Waals surface area contributed by atoms with Gasteiger partial charge in [0.25, 0.3) is 0 Å². The molecule has 5 heteroatoms. The molecule has 102 valence electrons. The summed E-state index contributed by atoms with van der Waals surface area (Å²) in [6.07, 6.45) is 0. The number of thiophene rings is 1. The molecule has 1 aromatic heterocycles. The van der Waals surface area contributed by atoms with Crippen molar-refractivity contribution in [2.75, 3.05) is 6.54 Å². The van der Waals surface area contributed by atoms with Gasteiger partial charge in [-0.25, -0.2) is 0 Å². The third kappa shape index (κ3) is 3.26. The summed E-state index contributed by atoms with van der Waals surface area (Å²) in [6.45, 7) is 4.92. The Morgan fingerprint density at radius 2 is 1.95 bits per heavy atom. The van der Waals surface area contributed by atoms with E-state index < -0.39 is 0 Å². The highest BCUT2D eigenvalue weighted by Crippen LogP contribution is 2.39. The highest BCUT2D eigenvalue weighted by molar-refractivity contribution is 7.20. The predicted octanol–water partition coefficient (Wildman–Crippen LogP) is 5.72. The zero-order valence-electron chi connectivity index (χ0n) is 10.6. The van der Waals surface area contributed by atoms with Crippen molar-refractivity contribution < 1.29 is 0 Å². The summed E-state index contributed by atoms with van der Waals surface area (Å²) in [7, 11) is 0. The van der Waals surface area contributed by atoms with Gasteiger partial charge in [0.05, 0.1) is 14.7 Å². The van der Waals surface area contributed by atoms with E-state index in [0.29, 0.717) is 4.34 Å². The van der Waals surface area contributed by atoms with E-state index in [4.69, 9.17) is 34.8 Å². The van der Waals surface area contributed by atoms with Crippen LogP contribution in [0.3, 0.4) is 0 Å². The molecule has 2 aromatic rings. The molecule has 0 amide bonds. The van der Waals surface area contributed by atoms with Gasteiger partial charge in [0.2, 0.25) is 0 Å². The first-order chi connectivity index (χ1) is 9.04. The van der Waals surface area contributed by atoms with E-state index in [1.807, 2.05) is 25.1 Å². The molecule has 1 atom stereocenters. The van der Waals surface area contributed by atoms with E-state index in [1.54, 1.807) is 0 Å². The highest BCUT2D eigenvalue weighted by atomic mass is 35.5. The van der Waals surface area contributed by atoms with E-state index in [1.165, 1.54) is 11.3 Å². The minimum Gasteiger partial charge on any atom is -0.306 e. The van der Waals surface area contributed by atoms with Crippen LogP contribution in [0.25, 0.3) is 0 Å². The average Bonchev–Trinajstić information content (AvgIpc) is 2.69. The first-order valence-corrected chi connectivity index (χ1v) is 7.92. The zero-order chi connectivity index (χ0) is 14.0. The number of rotatable bonds is 4. The van der Waals surface area contributed by atoms with Crippen LogP contribution < -0.4 is 5.32 Å². The van der Waals surface area contributed by atoms with Gasteiger partial charge in [-0.05, 0) is 36.7 Å². The molecule has 0 saturated heterocycles. The smallest absolute Gasteiger partial charge is 0.0995 e. The van der Waals surface area contributed by atoms with Crippen molar-refractivity contribution in [1.82, 2.24) is 5.32 Å². The van der Waals surface area contributed by atoms with Crippen LogP contribution >= 0.6 is 46.1 Å². The predicted molar refractivity (Wildman–Crippen MR) is 86.0 cm³/mol. The van der Waals surface area contributed by atoms with Crippen molar-refractivity contribution in [2.45, 2.75) is 19.9 Å². The Morgan fingerprint density at radius 3 is 2.53 bits per heavy atom. The standard InChI is InChI=1S/C14H14Cl3NS/c1-3-18-13(10-7-12(16)19-14(10)17)9-5-4-6-11(15)8(9)2/h4-7,13,18H,3H2,1-2H3. The third-order valence-electron chi connectivity index (χ3n) is 3.02. The van der Waals surface area contributed by atoms with Gasteiger partial charge >= 0.3 is 0 Å². The Bertz CT molecular complexity index is 580. The summed E-state index contributed by atoms with van der Waals surface area (Å²) in [6, 6.07) is 7.85. The Kier molecular flexibility index (Phi) is 5.15. The number of benzene rings is 1. The number of nitrogens with one attached hydrogen (secondary N) is 1. The van der Waals surface area contributed by atoms with Crippen LogP contribution in [0.15, 0.2) is 24.3 Å². The van der Waals surface area contributed by atoms with Crippen molar-refractivity contribution in [2.24, 2.45) is 0 Å². The van der Waals surface area contributed by atoms with Crippen LogP contribution in [-0.4, -0.2) is 6.54 Å².